The molecule has 2 saturated carbocycles. The maximum Gasteiger partial charge on any atom is 0.253 e. The molecular weight excluding hydrogens is 256 g/mol. The second-order valence-electron chi connectivity index (χ2n) is 6.22. The molecule has 2 fully saturated rings. The van der Waals surface area contributed by atoms with Crippen LogP contribution in [0.4, 0.5) is 0 Å². The molecule has 0 aromatic rings. The summed E-state index contributed by atoms with van der Waals surface area (Å²) >= 11 is 0. The molecule has 2 N–H and O–H groups in total. The second kappa shape index (κ2) is 3.90. The molecule has 0 aromatic carbocycles. The van der Waals surface area contributed by atoms with Gasteiger partial charge in [-0.05, 0) is 38.5 Å². The van der Waals surface area contributed by atoms with Crippen LogP contribution in [0.15, 0.2) is 10.2 Å². The second-order valence-corrected chi connectivity index (χ2v) is 6.22. The summed E-state index contributed by atoms with van der Waals surface area (Å²) < 4.78 is 0. The largest absolute Gasteiger partial charge is 0.272 e. The molecule has 0 aromatic heterocycles. The molecule has 0 radical (unpaired) electrons. The maximum absolute atomic E-state index is 12.7. The van der Waals surface area contributed by atoms with Gasteiger partial charge in [0.2, 0.25) is 0 Å². The molecule has 4 aliphatic rings. The van der Waals surface area contributed by atoms with Crippen molar-refractivity contribution in [1.82, 2.24) is 10.9 Å². The van der Waals surface area contributed by atoms with Crippen LogP contribution in [0.1, 0.15) is 51.4 Å². The summed E-state index contributed by atoms with van der Waals surface area (Å²) in [6, 6.07) is 0. The van der Waals surface area contributed by atoms with E-state index in [1.807, 2.05) is 0 Å². The Hall–Kier alpha value is -1.72. The van der Waals surface area contributed by atoms with Crippen molar-refractivity contribution in [3.8, 4) is 0 Å². The van der Waals surface area contributed by atoms with E-state index in [0.29, 0.717) is 12.8 Å². The molecule has 2 unspecified atom stereocenters. The summed E-state index contributed by atoms with van der Waals surface area (Å²) in [4.78, 5) is 25.3. The summed E-state index contributed by atoms with van der Waals surface area (Å²) in [7, 11) is 0. The normalized spacial score (nSPS) is 39.4. The van der Waals surface area contributed by atoms with Crippen LogP contribution in [-0.2, 0) is 9.59 Å². The maximum atomic E-state index is 12.7. The topological polar surface area (TPSA) is 82.9 Å². The Morgan fingerprint density at radius 2 is 1.20 bits per heavy atom. The van der Waals surface area contributed by atoms with Crippen LogP contribution >= 0.6 is 0 Å². The Kier molecular flexibility index (Phi) is 2.35. The Labute approximate surface area is 117 Å². The molecule has 2 aliphatic carbocycles. The van der Waals surface area contributed by atoms with E-state index in [9.17, 15) is 9.59 Å². The molecular formula is C14H18N4O2. The van der Waals surface area contributed by atoms with Gasteiger partial charge in [-0.1, -0.05) is 12.8 Å². The third-order valence-corrected chi connectivity index (χ3v) is 5.50. The molecule has 20 heavy (non-hydrogen) atoms. The predicted molar refractivity (Wildman–Crippen MR) is 73.0 cm³/mol. The van der Waals surface area contributed by atoms with Crippen LogP contribution in [0.25, 0.3) is 0 Å². The fraction of sp³-hybridized carbons (Fsp3) is 0.714. The lowest BCUT2D eigenvalue weighted by Gasteiger charge is -2.47. The quantitative estimate of drug-likeness (QED) is 0.750. The SMILES string of the molecule is O=C1NN=C2CCCCC12C12CCCCC1=NNC2=O. The highest BCUT2D eigenvalue weighted by Crippen LogP contribution is 2.57. The highest BCUT2D eigenvalue weighted by atomic mass is 16.2. The molecule has 0 spiro atoms. The molecule has 2 aliphatic heterocycles. The van der Waals surface area contributed by atoms with E-state index in [-0.39, 0.29) is 11.8 Å². The van der Waals surface area contributed by atoms with Crippen LogP contribution in [0.2, 0.25) is 0 Å². The Balaban J connectivity index is 1.92. The number of nitrogens with zero attached hydrogens (tertiary/aromatic N) is 2. The Morgan fingerprint density at radius 3 is 1.65 bits per heavy atom. The van der Waals surface area contributed by atoms with Crippen molar-refractivity contribution in [3.05, 3.63) is 0 Å². The smallest absolute Gasteiger partial charge is 0.253 e. The van der Waals surface area contributed by atoms with Gasteiger partial charge in [-0.3, -0.25) is 9.59 Å². The summed E-state index contributed by atoms with van der Waals surface area (Å²) in [6.45, 7) is 0. The van der Waals surface area contributed by atoms with Crippen LogP contribution in [0.3, 0.4) is 0 Å². The lowest BCUT2D eigenvalue weighted by atomic mass is 9.50. The van der Waals surface area contributed by atoms with E-state index in [1.54, 1.807) is 0 Å². The first kappa shape index (κ1) is 12.1. The van der Waals surface area contributed by atoms with E-state index < -0.39 is 10.8 Å². The van der Waals surface area contributed by atoms with Crippen molar-refractivity contribution >= 4 is 23.2 Å². The number of rotatable bonds is 1. The van der Waals surface area contributed by atoms with E-state index in [1.165, 1.54) is 0 Å². The fourth-order valence-corrected chi connectivity index (χ4v) is 4.61. The predicted octanol–water partition coefficient (Wildman–Crippen LogP) is 1.08. The van der Waals surface area contributed by atoms with Crippen LogP contribution < -0.4 is 10.9 Å². The highest BCUT2D eigenvalue weighted by Gasteiger charge is 2.69. The lowest BCUT2D eigenvalue weighted by Crippen LogP contribution is -2.61. The zero-order valence-corrected chi connectivity index (χ0v) is 11.4. The third-order valence-electron chi connectivity index (χ3n) is 5.50. The van der Waals surface area contributed by atoms with Crippen molar-refractivity contribution in [2.45, 2.75) is 51.4 Å². The number of hydrogen-bond acceptors (Lipinski definition) is 4. The monoisotopic (exact) mass is 274 g/mol. The van der Waals surface area contributed by atoms with Crippen molar-refractivity contribution < 1.29 is 9.59 Å². The molecule has 2 atom stereocenters. The van der Waals surface area contributed by atoms with Crippen LogP contribution in [0, 0.1) is 10.8 Å². The molecule has 106 valence electrons. The molecule has 0 saturated heterocycles. The van der Waals surface area contributed by atoms with E-state index in [2.05, 4.69) is 21.1 Å². The summed E-state index contributed by atoms with van der Waals surface area (Å²) in [5.41, 5.74) is 5.49. The number of hydrogen-bond donors (Lipinski definition) is 2. The molecule has 2 heterocycles. The Morgan fingerprint density at radius 1 is 0.750 bits per heavy atom. The number of carbonyl (C=O) groups is 2. The standard InChI is InChI=1S/C14H18N4O2/c19-11-13(7-3-1-5-9(13)15-17-11)14-8-4-2-6-10(14)16-18-12(14)20/h1-8H2,(H,17,19)(H,18,20). The minimum absolute atomic E-state index is 0.0983. The van der Waals surface area contributed by atoms with E-state index in [4.69, 9.17) is 0 Å². The average Bonchev–Trinajstić information content (AvgIpc) is 3.00. The number of fused-ring (bicyclic) bond motifs is 3. The first-order chi connectivity index (χ1) is 9.72. The zero-order chi connectivity index (χ0) is 13.8. The van der Waals surface area contributed by atoms with Crippen LogP contribution in [0.5, 0.6) is 0 Å². The van der Waals surface area contributed by atoms with Gasteiger partial charge in [-0.2, -0.15) is 10.2 Å². The molecule has 4 rings (SSSR count). The van der Waals surface area contributed by atoms with Gasteiger partial charge in [0.05, 0.1) is 11.4 Å². The first-order valence-corrected chi connectivity index (χ1v) is 7.47. The van der Waals surface area contributed by atoms with E-state index in [0.717, 1.165) is 49.9 Å². The minimum Gasteiger partial charge on any atom is -0.272 e. The molecule has 6 nitrogen and oxygen atoms in total. The minimum atomic E-state index is -0.773. The van der Waals surface area contributed by atoms with Gasteiger partial charge >= 0.3 is 0 Å². The highest BCUT2D eigenvalue weighted by molar-refractivity contribution is 6.25. The third kappa shape index (κ3) is 1.16. The van der Waals surface area contributed by atoms with Gasteiger partial charge < -0.3 is 0 Å². The van der Waals surface area contributed by atoms with Crippen molar-refractivity contribution in [1.29, 1.82) is 0 Å². The average molecular weight is 274 g/mol. The van der Waals surface area contributed by atoms with Crippen molar-refractivity contribution in [2.75, 3.05) is 0 Å². The summed E-state index contributed by atoms with van der Waals surface area (Å²) in [5.74, 6) is -0.197. The van der Waals surface area contributed by atoms with Gasteiger partial charge in [0, 0.05) is 0 Å². The number of amides is 2. The number of carbonyl (C=O) groups excluding carboxylic acids is 2. The van der Waals surface area contributed by atoms with Gasteiger partial charge in [0.25, 0.3) is 11.8 Å². The molecule has 6 heteroatoms. The molecule has 2 amide bonds. The number of hydrazone groups is 2. The fourth-order valence-electron chi connectivity index (χ4n) is 4.61. The van der Waals surface area contributed by atoms with Crippen molar-refractivity contribution in [2.24, 2.45) is 21.0 Å². The molecule has 0 bridgehead atoms. The van der Waals surface area contributed by atoms with Crippen LogP contribution in [-0.4, -0.2) is 23.2 Å². The van der Waals surface area contributed by atoms with Gasteiger partial charge in [-0.15, -0.1) is 0 Å². The zero-order valence-electron chi connectivity index (χ0n) is 11.4. The summed E-state index contributed by atoms with van der Waals surface area (Å²) in [6.07, 6.45) is 7.05. The first-order valence-electron chi connectivity index (χ1n) is 7.47. The Bertz CT molecular complexity index is 518. The number of nitrogens with one attached hydrogen (secondary N) is 2. The van der Waals surface area contributed by atoms with Gasteiger partial charge in [0.1, 0.15) is 10.8 Å². The van der Waals surface area contributed by atoms with Crippen molar-refractivity contribution in [3.63, 3.8) is 0 Å². The van der Waals surface area contributed by atoms with Gasteiger partial charge in [0.15, 0.2) is 0 Å². The van der Waals surface area contributed by atoms with E-state index >= 15 is 0 Å². The van der Waals surface area contributed by atoms with Gasteiger partial charge in [-0.25, -0.2) is 10.9 Å². The lowest BCUT2D eigenvalue weighted by molar-refractivity contribution is -0.141. The summed E-state index contributed by atoms with van der Waals surface area (Å²) in [5, 5.41) is 8.52.